The molecule has 0 spiro atoms. The average molecular weight is 394 g/mol. The highest BCUT2D eigenvalue weighted by atomic mass is 16.2. The summed E-state index contributed by atoms with van der Waals surface area (Å²) in [4.78, 5) is 14.0. The largest absolute Gasteiger partial charge is 0.343 e. The van der Waals surface area contributed by atoms with Gasteiger partial charge in [-0.2, -0.15) is 0 Å². The van der Waals surface area contributed by atoms with Gasteiger partial charge in [0, 0.05) is 19.5 Å². The normalized spacial score (nSPS) is 14.3. The highest BCUT2D eigenvalue weighted by molar-refractivity contribution is 5.76. The van der Waals surface area contributed by atoms with E-state index in [0.717, 1.165) is 31.8 Å². The number of likely N-dealkylation sites (tertiary alicyclic amines) is 1. The minimum absolute atomic E-state index is 0.406. The summed E-state index contributed by atoms with van der Waals surface area (Å²) >= 11 is 0. The molecular weight excluding hydrogens is 342 g/mol. The molecule has 0 bridgehead atoms. The van der Waals surface area contributed by atoms with Crippen LogP contribution in [0.3, 0.4) is 0 Å². The van der Waals surface area contributed by atoms with Gasteiger partial charge in [0.2, 0.25) is 5.91 Å². The topological polar surface area (TPSA) is 20.3 Å². The van der Waals surface area contributed by atoms with Gasteiger partial charge in [0.25, 0.3) is 0 Å². The molecule has 28 heavy (non-hydrogen) atoms. The zero-order chi connectivity index (χ0) is 20.3. The molecular formula is C26H51NO. The van der Waals surface area contributed by atoms with Crippen LogP contribution in [0.25, 0.3) is 0 Å². The van der Waals surface area contributed by atoms with E-state index in [0.29, 0.717) is 5.91 Å². The van der Waals surface area contributed by atoms with Gasteiger partial charge in [-0.25, -0.2) is 0 Å². The molecule has 0 aromatic rings. The molecule has 1 amide bonds. The van der Waals surface area contributed by atoms with Crippen LogP contribution in [0.5, 0.6) is 0 Å². The van der Waals surface area contributed by atoms with Crippen LogP contribution in [0.2, 0.25) is 0 Å². The van der Waals surface area contributed by atoms with Crippen LogP contribution >= 0.6 is 0 Å². The molecule has 0 saturated carbocycles. The monoisotopic (exact) mass is 393 g/mol. The Labute approximate surface area is 177 Å². The number of carbonyl (C=O) groups excluding carboxylic acids is 1. The van der Waals surface area contributed by atoms with E-state index in [9.17, 15) is 4.79 Å². The summed E-state index contributed by atoms with van der Waals surface area (Å²) in [6, 6.07) is 0. The molecule has 0 unspecified atom stereocenters. The smallest absolute Gasteiger partial charge is 0.222 e. The standard InChI is InChI=1S/C26H51NO/c1-25(2)21-17-15-13-11-9-7-5-3-4-6-8-10-12-14-16-18-22-26(28)27-23-19-20-24-27/h25H,3-24H2,1-2H3. The van der Waals surface area contributed by atoms with E-state index in [1.165, 1.54) is 116 Å². The van der Waals surface area contributed by atoms with Gasteiger partial charge in [-0.3, -0.25) is 4.79 Å². The first-order valence-corrected chi connectivity index (χ1v) is 13.0. The van der Waals surface area contributed by atoms with Crippen molar-refractivity contribution in [2.24, 2.45) is 5.92 Å². The number of hydrogen-bond acceptors (Lipinski definition) is 1. The van der Waals surface area contributed by atoms with Crippen molar-refractivity contribution in [2.45, 2.75) is 142 Å². The fourth-order valence-electron chi connectivity index (χ4n) is 4.43. The maximum atomic E-state index is 12.0. The quantitative estimate of drug-likeness (QED) is 0.202. The highest BCUT2D eigenvalue weighted by Gasteiger charge is 2.16. The average Bonchev–Trinajstić information content (AvgIpc) is 3.21. The molecule has 1 fully saturated rings. The Morgan fingerprint density at radius 1 is 0.607 bits per heavy atom. The SMILES string of the molecule is CC(C)CCCCCCCCCCCCCCCCCCC(=O)N1CCCC1. The molecule has 0 atom stereocenters. The Kier molecular flexibility index (Phi) is 16.8. The molecule has 2 heteroatoms. The molecule has 0 aliphatic carbocycles. The molecule has 1 aliphatic rings. The third-order valence-electron chi connectivity index (χ3n) is 6.38. The van der Waals surface area contributed by atoms with Crippen LogP contribution in [0.4, 0.5) is 0 Å². The highest BCUT2D eigenvalue weighted by Crippen LogP contribution is 2.16. The molecule has 1 heterocycles. The Hall–Kier alpha value is -0.530. The van der Waals surface area contributed by atoms with Crippen LogP contribution in [0.1, 0.15) is 142 Å². The molecule has 1 aliphatic heterocycles. The first-order valence-electron chi connectivity index (χ1n) is 13.0. The third kappa shape index (κ3) is 15.4. The summed E-state index contributed by atoms with van der Waals surface area (Å²) in [5.74, 6) is 1.29. The van der Waals surface area contributed by atoms with E-state index in [4.69, 9.17) is 0 Å². The lowest BCUT2D eigenvalue weighted by molar-refractivity contribution is -0.130. The zero-order valence-corrected chi connectivity index (χ0v) is 19.5. The summed E-state index contributed by atoms with van der Waals surface area (Å²) in [6.07, 6.45) is 27.0. The molecule has 1 rings (SSSR count). The lowest BCUT2D eigenvalue weighted by Crippen LogP contribution is -2.27. The second kappa shape index (κ2) is 18.5. The molecule has 0 aromatic carbocycles. The predicted molar refractivity (Wildman–Crippen MR) is 124 cm³/mol. The van der Waals surface area contributed by atoms with Gasteiger partial charge in [0.05, 0.1) is 0 Å². The van der Waals surface area contributed by atoms with E-state index in [2.05, 4.69) is 18.7 Å². The first kappa shape index (κ1) is 25.5. The maximum Gasteiger partial charge on any atom is 0.222 e. The number of rotatable bonds is 19. The summed E-state index contributed by atoms with van der Waals surface area (Å²) in [5.41, 5.74) is 0. The van der Waals surface area contributed by atoms with Crippen molar-refractivity contribution in [3.05, 3.63) is 0 Å². The van der Waals surface area contributed by atoms with E-state index in [-0.39, 0.29) is 0 Å². The number of nitrogens with zero attached hydrogens (tertiary/aromatic N) is 1. The van der Waals surface area contributed by atoms with Gasteiger partial charge >= 0.3 is 0 Å². The van der Waals surface area contributed by atoms with Crippen molar-refractivity contribution in [1.82, 2.24) is 4.90 Å². The van der Waals surface area contributed by atoms with Crippen molar-refractivity contribution < 1.29 is 4.79 Å². The van der Waals surface area contributed by atoms with Gasteiger partial charge in [0.15, 0.2) is 0 Å². The number of amides is 1. The van der Waals surface area contributed by atoms with Crippen LogP contribution in [0.15, 0.2) is 0 Å². The van der Waals surface area contributed by atoms with Crippen molar-refractivity contribution >= 4 is 5.91 Å². The summed E-state index contributed by atoms with van der Waals surface area (Å²) < 4.78 is 0. The molecule has 0 aromatic heterocycles. The Balaban J connectivity index is 1.68. The van der Waals surface area contributed by atoms with Gasteiger partial charge in [-0.15, -0.1) is 0 Å². The fourth-order valence-corrected chi connectivity index (χ4v) is 4.43. The van der Waals surface area contributed by atoms with Gasteiger partial charge < -0.3 is 4.90 Å². The summed E-state index contributed by atoms with van der Waals surface area (Å²) in [5, 5.41) is 0. The molecule has 0 N–H and O–H groups in total. The third-order valence-corrected chi connectivity index (χ3v) is 6.38. The second-order valence-electron chi connectivity index (χ2n) is 9.68. The van der Waals surface area contributed by atoms with E-state index in [1.54, 1.807) is 0 Å². The van der Waals surface area contributed by atoms with Crippen LogP contribution in [-0.2, 0) is 4.79 Å². The van der Waals surface area contributed by atoms with Gasteiger partial charge in [-0.05, 0) is 25.2 Å². The van der Waals surface area contributed by atoms with E-state index < -0.39 is 0 Å². The van der Waals surface area contributed by atoms with Crippen LogP contribution in [0, 0.1) is 5.92 Å². The zero-order valence-electron chi connectivity index (χ0n) is 19.5. The van der Waals surface area contributed by atoms with Crippen molar-refractivity contribution in [3.8, 4) is 0 Å². The fraction of sp³-hybridized carbons (Fsp3) is 0.962. The molecule has 166 valence electrons. The number of unbranched alkanes of at least 4 members (excludes halogenated alkanes) is 15. The number of carbonyl (C=O) groups is 1. The lowest BCUT2D eigenvalue weighted by atomic mass is 10.0. The molecule has 2 nitrogen and oxygen atoms in total. The summed E-state index contributed by atoms with van der Waals surface area (Å²) in [6.45, 7) is 6.69. The van der Waals surface area contributed by atoms with Crippen molar-refractivity contribution in [1.29, 1.82) is 0 Å². The second-order valence-corrected chi connectivity index (χ2v) is 9.68. The molecule has 0 radical (unpaired) electrons. The van der Waals surface area contributed by atoms with Crippen LogP contribution in [-0.4, -0.2) is 23.9 Å². The maximum absolute atomic E-state index is 12.0. The van der Waals surface area contributed by atoms with Crippen molar-refractivity contribution in [2.75, 3.05) is 13.1 Å². The van der Waals surface area contributed by atoms with Gasteiger partial charge in [0.1, 0.15) is 0 Å². The first-order chi connectivity index (χ1) is 13.7. The van der Waals surface area contributed by atoms with E-state index in [1.807, 2.05) is 0 Å². The molecule has 1 saturated heterocycles. The van der Waals surface area contributed by atoms with Gasteiger partial charge in [-0.1, -0.05) is 117 Å². The summed E-state index contributed by atoms with van der Waals surface area (Å²) in [7, 11) is 0. The van der Waals surface area contributed by atoms with E-state index >= 15 is 0 Å². The lowest BCUT2D eigenvalue weighted by Gasteiger charge is -2.14. The predicted octanol–water partition coefficient (Wildman–Crippen LogP) is 8.29. The minimum atomic E-state index is 0.406. The van der Waals surface area contributed by atoms with Crippen molar-refractivity contribution in [3.63, 3.8) is 0 Å². The number of hydrogen-bond donors (Lipinski definition) is 0. The Bertz CT molecular complexity index is 346. The van der Waals surface area contributed by atoms with Crippen LogP contribution < -0.4 is 0 Å². The Morgan fingerprint density at radius 2 is 0.964 bits per heavy atom. The minimum Gasteiger partial charge on any atom is -0.343 e. The Morgan fingerprint density at radius 3 is 1.36 bits per heavy atom.